The van der Waals surface area contributed by atoms with Gasteiger partial charge < -0.3 is 5.11 Å². The highest BCUT2D eigenvalue weighted by atomic mass is 32.1. The third-order valence-electron chi connectivity index (χ3n) is 3.31. The molecule has 0 heterocycles. The summed E-state index contributed by atoms with van der Waals surface area (Å²) < 4.78 is 0. The third kappa shape index (κ3) is 3.01. The molecule has 2 unspecified atom stereocenters. The van der Waals surface area contributed by atoms with Crippen molar-refractivity contribution in [1.82, 2.24) is 10.6 Å². The van der Waals surface area contributed by atoms with Gasteiger partial charge in [-0.05, 0) is 36.5 Å². The van der Waals surface area contributed by atoms with Crippen molar-refractivity contribution in [3.05, 3.63) is 34.9 Å². The van der Waals surface area contributed by atoms with Crippen molar-refractivity contribution in [3.8, 4) is 0 Å². The fourth-order valence-corrected chi connectivity index (χ4v) is 2.77. The molecular weight excluding hydrogens is 232 g/mol. The third-order valence-corrected chi connectivity index (χ3v) is 3.65. The first-order valence-electron chi connectivity index (χ1n) is 6.09. The molecule has 0 spiro atoms. The van der Waals surface area contributed by atoms with E-state index in [0.29, 0.717) is 12.6 Å². The SMILES string of the molecule is Cc1cccc2c1CCC2NC(S)NCCO. The van der Waals surface area contributed by atoms with Crippen LogP contribution in [0.2, 0.25) is 0 Å². The van der Waals surface area contributed by atoms with Gasteiger partial charge in [-0.1, -0.05) is 18.2 Å². The molecule has 2 atom stereocenters. The molecule has 1 aliphatic carbocycles. The first kappa shape index (κ1) is 12.9. The van der Waals surface area contributed by atoms with Crippen molar-refractivity contribution in [2.45, 2.75) is 31.3 Å². The molecule has 2 rings (SSSR count). The van der Waals surface area contributed by atoms with Crippen molar-refractivity contribution < 1.29 is 5.11 Å². The van der Waals surface area contributed by atoms with Gasteiger partial charge in [0.1, 0.15) is 5.50 Å². The fourth-order valence-electron chi connectivity index (χ4n) is 2.46. The first-order chi connectivity index (χ1) is 8.22. The van der Waals surface area contributed by atoms with Gasteiger partial charge in [0.15, 0.2) is 0 Å². The number of aliphatic hydroxyl groups excluding tert-OH is 1. The topological polar surface area (TPSA) is 44.3 Å². The zero-order chi connectivity index (χ0) is 12.3. The molecule has 0 aromatic heterocycles. The van der Waals surface area contributed by atoms with E-state index in [2.05, 4.69) is 48.4 Å². The molecule has 17 heavy (non-hydrogen) atoms. The molecule has 0 bridgehead atoms. The van der Waals surface area contributed by atoms with Crippen LogP contribution in [-0.4, -0.2) is 23.8 Å². The van der Waals surface area contributed by atoms with Crippen molar-refractivity contribution in [2.24, 2.45) is 0 Å². The minimum atomic E-state index is -0.0707. The maximum absolute atomic E-state index is 8.75. The lowest BCUT2D eigenvalue weighted by Crippen LogP contribution is -2.40. The van der Waals surface area contributed by atoms with Crippen LogP contribution in [0.15, 0.2) is 18.2 Å². The molecule has 0 amide bonds. The van der Waals surface area contributed by atoms with E-state index in [1.54, 1.807) is 0 Å². The number of hydrogen-bond donors (Lipinski definition) is 4. The van der Waals surface area contributed by atoms with Crippen LogP contribution in [0.1, 0.15) is 29.2 Å². The lowest BCUT2D eigenvalue weighted by Gasteiger charge is -2.20. The summed E-state index contributed by atoms with van der Waals surface area (Å²) >= 11 is 4.42. The Kier molecular flexibility index (Phi) is 4.45. The molecule has 0 saturated carbocycles. The Morgan fingerprint density at radius 2 is 2.35 bits per heavy atom. The summed E-state index contributed by atoms with van der Waals surface area (Å²) in [6.07, 6.45) is 2.26. The summed E-state index contributed by atoms with van der Waals surface area (Å²) in [7, 11) is 0. The summed E-state index contributed by atoms with van der Waals surface area (Å²) in [5.41, 5.74) is 4.19. The molecule has 3 N–H and O–H groups in total. The summed E-state index contributed by atoms with van der Waals surface area (Å²) in [4.78, 5) is 0. The molecule has 0 saturated heterocycles. The summed E-state index contributed by atoms with van der Waals surface area (Å²) in [5, 5.41) is 15.3. The van der Waals surface area contributed by atoms with Crippen LogP contribution in [0.5, 0.6) is 0 Å². The second kappa shape index (κ2) is 5.87. The van der Waals surface area contributed by atoms with E-state index in [-0.39, 0.29) is 12.1 Å². The Morgan fingerprint density at radius 1 is 1.53 bits per heavy atom. The number of hydrogen-bond acceptors (Lipinski definition) is 4. The van der Waals surface area contributed by atoms with Gasteiger partial charge in [0.25, 0.3) is 0 Å². The second-order valence-electron chi connectivity index (χ2n) is 4.48. The minimum Gasteiger partial charge on any atom is -0.395 e. The Bertz CT molecular complexity index is 384. The molecular formula is C13H20N2OS. The number of fused-ring (bicyclic) bond motifs is 1. The van der Waals surface area contributed by atoms with Crippen molar-refractivity contribution >= 4 is 12.6 Å². The van der Waals surface area contributed by atoms with E-state index in [1.807, 2.05) is 0 Å². The lowest BCUT2D eigenvalue weighted by atomic mass is 10.0. The maximum atomic E-state index is 8.75. The van der Waals surface area contributed by atoms with Gasteiger partial charge in [-0.2, -0.15) is 0 Å². The smallest absolute Gasteiger partial charge is 0.103 e. The highest BCUT2D eigenvalue weighted by Gasteiger charge is 2.24. The molecule has 1 aromatic carbocycles. The van der Waals surface area contributed by atoms with E-state index in [1.165, 1.54) is 16.7 Å². The van der Waals surface area contributed by atoms with Crippen LogP contribution in [0, 0.1) is 6.92 Å². The zero-order valence-electron chi connectivity index (χ0n) is 10.1. The number of aryl methyl sites for hydroxylation is 1. The van der Waals surface area contributed by atoms with E-state index in [9.17, 15) is 0 Å². The quantitative estimate of drug-likeness (QED) is 0.473. The number of nitrogens with one attached hydrogen (secondary N) is 2. The Hall–Kier alpha value is -0.550. The lowest BCUT2D eigenvalue weighted by molar-refractivity contribution is 0.285. The minimum absolute atomic E-state index is 0.0707. The standard InChI is InChI=1S/C13H20N2OS/c1-9-3-2-4-11-10(9)5-6-12(11)15-13(17)14-7-8-16/h2-4,12-17H,5-8H2,1H3. The van der Waals surface area contributed by atoms with Crippen molar-refractivity contribution in [1.29, 1.82) is 0 Å². The van der Waals surface area contributed by atoms with Gasteiger partial charge in [-0.15, -0.1) is 12.6 Å². The Morgan fingerprint density at radius 3 is 3.12 bits per heavy atom. The van der Waals surface area contributed by atoms with Gasteiger partial charge in [0, 0.05) is 12.6 Å². The Labute approximate surface area is 108 Å². The highest BCUT2D eigenvalue weighted by molar-refractivity contribution is 7.80. The molecule has 0 aliphatic heterocycles. The van der Waals surface area contributed by atoms with E-state index < -0.39 is 0 Å². The average Bonchev–Trinajstić information content (AvgIpc) is 2.71. The van der Waals surface area contributed by atoms with Crippen LogP contribution in [0.4, 0.5) is 0 Å². The summed E-state index contributed by atoms with van der Waals surface area (Å²) in [5.74, 6) is 0. The summed E-state index contributed by atoms with van der Waals surface area (Å²) in [6, 6.07) is 6.85. The summed E-state index contributed by atoms with van der Waals surface area (Å²) in [6.45, 7) is 2.87. The Balaban J connectivity index is 2.00. The highest BCUT2D eigenvalue weighted by Crippen LogP contribution is 2.33. The molecule has 0 radical (unpaired) electrons. The number of thiol groups is 1. The van der Waals surface area contributed by atoms with Crippen LogP contribution in [0.3, 0.4) is 0 Å². The average molecular weight is 252 g/mol. The van der Waals surface area contributed by atoms with Crippen LogP contribution >= 0.6 is 12.6 Å². The first-order valence-corrected chi connectivity index (χ1v) is 6.60. The fraction of sp³-hybridized carbons (Fsp3) is 0.538. The number of aliphatic hydroxyl groups is 1. The van der Waals surface area contributed by atoms with Crippen molar-refractivity contribution in [3.63, 3.8) is 0 Å². The van der Waals surface area contributed by atoms with Gasteiger partial charge in [0.2, 0.25) is 0 Å². The van der Waals surface area contributed by atoms with Crippen LogP contribution in [-0.2, 0) is 6.42 Å². The molecule has 94 valence electrons. The normalized spacial score (nSPS) is 20.3. The monoisotopic (exact) mass is 252 g/mol. The van der Waals surface area contributed by atoms with Gasteiger partial charge in [-0.25, -0.2) is 0 Å². The van der Waals surface area contributed by atoms with E-state index in [0.717, 1.165) is 12.8 Å². The molecule has 3 nitrogen and oxygen atoms in total. The van der Waals surface area contributed by atoms with Crippen LogP contribution in [0.25, 0.3) is 0 Å². The molecule has 4 heteroatoms. The molecule has 1 aromatic rings. The molecule has 1 aliphatic rings. The largest absolute Gasteiger partial charge is 0.395 e. The molecule has 0 fully saturated rings. The van der Waals surface area contributed by atoms with E-state index >= 15 is 0 Å². The van der Waals surface area contributed by atoms with Crippen molar-refractivity contribution in [2.75, 3.05) is 13.2 Å². The number of benzene rings is 1. The van der Waals surface area contributed by atoms with Gasteiger partial charge >= 0.3 is 0 Å². The predicted octanol–water partition coefficient (Wildman–Crippen LogP) is 1.37. The van der Waals surface area contributed by atoms with E-state index in [4.69, 9.17) is 5.11 Å². The van der Waals surface area contributed by atoms with Gasteiger partial charge in [0.05, 0.1) is 6.61 Å². The zero-order valence-corrected chi connectivity index (χ0v) is 11.0. The second-order valence-corrected chi connectivity index (χ2v) is 5.00. The number of rotatable bonds is 5. The predicted molar refractivity (Wildman–Crippen MR) is 73.2 cm³/mol. The van der Waals surface area contributed by atoms with Gasteiger partial charge in [-0.3, -0.25) is 10.6 Å². The van der Waals surface area contributed by atoms with Crippen LogP contribution < -0.4 is 10.6 Å². The maximum Gasteiger partial charge on any atom is 0.103 e.